The average molecular weight is 305 g/mol. The number of aliphatic carboxylic acids is 1. The molecule has 0 bridgehead atoms. The maximum absolute atomic E-state index is 12.9. The molecule has 0 aliphatic rings. The number of aliphatic hydroxyl groups is 1. The van der Waals surface area contributed by atoms with Crippen molar-refractivity contribution in [1.29, 1.82) is 0 Å². The van der Waals surface area contributed by atoms with E-state index in [1.54, 1.807) is 0 Å². The predicted octanol–water partition coefficient (Wildman–Crippen LogP) is 1.01. The summed E-state index contributed by atoms with van der Waals surface area (Å²) in [6, 6.07) is 3.31. The van der Waals surface area contributed by atoms with Gasteiger partial charge in [-0.25, -0.2) is 13.6 Å². The van der Waals surface area contributed by atoms with E-state index in [0.29, 0.717) is 4.90 Å². The van der Waals surface area contributed by atoms with Crippen molar-refractivity contribution in [2.24, 2.45) is 0 Å². The van der Waals surface area contributed by atoms with Crippen molar-refractivity contribution >= 4 is 23.6 Å². The van der Waals surface area contributed by atoms with Gasteiger partial charge in [0.05, 0.1) is 5.75 Å². The molecular formula is C12H13F2NO4S. The molecule has 0 aromatic heterocycles. The Morgan fingerprint density at radius 3 is 2.60 bits per heavy atom. The number of rotatable bonds is 7. The van der Waals surface area contributed by atoms with E-state index in [-0.39, 0.29) is 18.7 Å². The second-order valence-corrected chi connectivity index (χ2v) is 4.91. The summed E-state index contributed by atoms with van der Waals surface area (Å²) >= 11 is 1.02. The van der Waals surface area contributed by atoms with Crippen LogP contribution in [-0.4, -0.2) is 40.5 Å². The van der Waals surface area contributed by atoms with Gasteiger partial charge in [0.1, 0.15) is 0 Å². The van der Waals surface area contributed by atoms with Gasteiger partial charge in [-0.2, -0.15) is 0 Å². The second kappa shape index (κ2) is 7.81. The van der Waals surface area contributed by atoms with Crippen LogP contribution in [0.1, 0.15) is 6.42 Å². The summed E-state index contributed by atoms with van der Waals surface area (Å²) in [4.78, 5) is 22.1. The topological polar surface area (TPSA) is 86.6 Å². The number of carboxylic acid groups (broad SMARTS) is 1. The molecule has 0 saturated heterocycles. The van der Waals surface area contributed by atoms with Crippen molar-refractivity contribution in [2.45, 2.75) is 17.4 Å². The molecule has 20 heavy (non-hydrogen) atoms. The van der Waals surface area contributed by atoms with Crippen LogP contribution < -0.4 is 5.32 Å². The SMILES string of the molecule is O=C(CSc1ccc(F)c(F)c1)NCC[C@H](O)C(=O)O. The highest BCUT2D eigenvalue weighted by Crippen LogP contribution is 2.19. The predicted molar refractivity (Wildman–Crippen MR) is 68.4 cm³/mol. The van der Waals surface area contributed by atoms with Crippen LogP contribution in [0.2, 0.25) is 0 Å². The van der Waals surface area contributed by atoms with Gasteiger partial charge in [0.15, 0.2) is 17.7 Å². The van der Waals surface area contributed by atoms with Gasteiger partial charge in [0.2, 0.25) is 5.91 Å². The van der Waals surface area contributed by atoms with Crippen molar-refractivity contribution in [2.75, 3.05) is 12.3 Å². The minimum absolute atomic E-state index is 0.0185. The zero-order valence-electron chi connectivity index (χ0n) is 10.3. The summed E-state index contributed by atoms with van der Waals surface area (Å²) in [5, 5.41) is 19.8. The Bertz CT molecular complexity index is 498. The molecule has 0 heterocycles. The number of nitrogens with one attached hydrogen (secondary N) is 1. The lowest BCUT2D eigenvalue weighted by Gasteiger charge is -2.07. The first-order chi connectivity index (χ1) is 9.40. The molecule has 0 spiro atoms. The fraction of sp³-hybridized carbons (Fsp3) is 0.333. The molecule has 0 aliphatic carbocycles. The summed E-state index contributed by atoms with van der Waals surface area (Å²) in [6.45, 7) is 0.0185. The van der Waals surface area contributed by atoms with Crippen molar-refractivity contribution in [1.82, 2.24) is 5.32 Å². The quantitative estimate of drug-likeness (QED) is 0.655. The zero-order valence-corrected chi connectivity index (χ0v) is 11.1. The first kappa shape index (κ1) is 16.4. The minimum atomic E-state index is -1.52. The van der Waals surface area contributed by atoms with E-state index < -0.39 is 29.6 Å². The highest BCUT2D eigenvalue weighted by Gasteiger charge is 2.13. The molecule has 3 N–H and O–H groups in total. The number of hydrogen-bond donors (Lipinski definition) is 3. The van der Waals surface area contributed by atoms with E-state index in [4.69, 9.17) is 10.2 Å². The Balaban J connectivity index is 2.29. The molecule has 8 heteroatoms. The van der Waals surface area contributed by atoms with Crippen molar-refractivity contribution in [3.8, 4) is 0 Å². The third kappa shape index (κ3) is 5.54. The van der Waals surface area contributed by atoms with Gasteiger partial charge in [0, 0.05) is 17.9 Å². The van der Waals surface area contributed by atoms with E-state index in [1.165, 1.54) is 6.07 Å². The molecule has 1 rings (SSSR count). The third-order valence-electron chi connectivity index (χ3n) is 2.29. The normalized spacial score (nSPS) is 11.9. The van der Waals surface area contributed by atoms with Crippen LogP contribution in [0.25, 0.3) is 0 Å². The monoisotopic (exact) mass is 305 g/mol. The fourth-order valence-electron chi connectivity index (χ4n) is 1.24. The fourth-order valence-corrected chi connectivity index (χ4v) is 1.99. The Labute approximate surface area is 118 Å². The van der Waals surface area contributed by atoms with E-state index >= 15 is 0 Å². The van der Waals surface area contributed by atoms with Crippen LogP contribution >= 0.6 is 11.8 Å². The molecule has 0 radical (unpaired) electrons. The van der Waals surface area contributed by atoms with Crippen LogP contribution in [0, 0.1) is 11.6 Å². The summed E-state index contributed by atoms with van der Waals surface area (Å²) in [7, 11) is 0. The van der Waals surface area contributed by atoms with Gasteiger partial charge >= 0.3 is 5.97 Å². The molecular weight excluding hydrogens is 292 g/mol. The average Bonchev–Trinajstić information content (AvgIpc) is 2.40. The summed E-state index contributed by atoms with van der Waals surface area (Å²) in [5.74, 6) is -3.71. The van der Waals surface area contributed by atoms with Gasteiger partial charge in [-0.15, -0.1) is 11.8 Å². The Kier molecular flexibility index (Phi) is 6.40. The third-order valence-corrected chi connectivity index (χ3v) is 3.28. The summed E-state index contributed by atoms with van der Waals surface area (Å²) in [6.07, 6.45) is -1.62. The summed E-state index contributed by atoms with van der Waals surface area (Å²) < 4.78 is 25.6. The van der Waals surface area contributed by atoms with E-state index in [9.17, 15) is 18.4 Å². The van der Waals surface area contributed by atoms with Crippen LogP contribution in [0.5, 0.6) is 0 Å². The number of carbonyl (C=O) groups excluding carboxylic acids is 1. The number of hydrogen-bond acceptors (Lipinski definition) is 4. The van der Waals surface area contributed by atoms with Gasteiger partial charge in [-0.05, 0) is 18.2 Å². The number of amides is 1. The van der Waals surface area contributed by atoms with E-state index in [2.05, 4.69) is 5.32 Å². The van der Waals surface area contributed by atoms with Gasteiger partial charge < -0.3 is 15.5 Å². The highest BCUT2D eigenvalue weighted by atomic mass is 32.2. The largest absolute Gasteiger partial charge is 0.479 e. The van der Waals surface area contributed by atoms with Crippen LogP contribution in [-0.2, 0) is 9.59 Å². The Hall–Kier alpha value is -1.67. The van der Waals surface area contributed by atoms with Crippen molar-refractivity contribution in [3.63, 3.8) is 0 Å². The van der Waals surface area contributed by atoms with Gasteiger partial charge in [-0.1, -0.05) is 0 Å². The number of thioether (sulfide) groups is 1. The van der Waals surface area contributed by atoms with Gasteiger partial charge in [-0.3, -0.25) is 4.79 Å². The second-order valence-electron chi connectivity index (χ2n) is 3.86. The molecule has 1 aromatic rings. The first-order valence-electron chi connectivity index (χ1n) is 5.65. The number of carboxylic acids is 1. The molecule has 5 nitrogen and oxygen atoms in total. The molecule has 1 amide bonds. The van der Waals surface area contributed by atoms with Crippen LogP contribution in [0.4, 0.5) is 8.78 Å². The molecule has 0 saturated carbocycles. The van der Waals surface area contributed by atoms with Crippen molar-refractivity contribution < 1.29 is 28.6 Å². The molecule has 1 aromatic carbocycles. The highest BCUT2D eigenvalue weighted by molar-refractivity contribution is 8.00. The lowest BCUT2D eigenvalue weighted by Crippen LogP contribution is -2.31. The van der Waals surface area contributed by atoms with Gasteiger partial charge in [0.25, 0.3) is 0 Å². The number of aliphatic hydroxyl groups excluding tert-OH is 1. The molecule has 0 fully saturated rings. The molecule has 0 aliphatic heterocycles. The minimum Gasteiger partial charge on any atom is -0.479 e. The lowest BCUT2D eigenvalue weighted by molar-refractivity contribution is -0.147. The molecule has 1 atom stereocenters. The van der Waals surface area contributed by atoms with E-state index in [1.807, 2.05) is 0 Å². The number of carbonyl (C=O) groups is 2. The first-order valence-corrected chi connectivity index (χ1v) is 6.64. The lowest BCUT2D eigenvalue weighted by atomic mass is 10.2. The summed E-state index contributed by atoms with van der Waals surface area (Å²) in [5.41, 5.74) is 0. The smallest absolute Gasteiger partial charge is 0.332 e. The number of benzene rings is 1. The zero-order chi connectivity index (χ0) is 15.1. The van der Waals surface area contributed by atoms with E-state index in [0.717, 1.165) is 23.9 Å². The maximum atomic E-state index is 12.9. The molecule has 110 valence electrons. The number of halogens is 2. The van der Waals surface area contributed by atoms with Crippen molar-refractivity contribution in [3.05, 3.63) is 29.8 Å². The Morgan fingerprint density at radius 2 is 2.00 bits per heavy atom. The Morgan fingerprint density at radius 1 is 1.30 bits per heavy atom. The van der Waals surface area contributed by atoms with Crippen LogP contribution in [0.15, 0.2) is 23.1 Å². The standard InChI is InChI=1S/C12H13F2NO4S/c13-8-2-1-7(5-9(8)14)20-6-11(17)15-4-3-10(16)12(18)19/h1-2,5,10,16H,3-4,6H2,(H,15,17)(H,18,19)/t10-/m0/s1. The van der Waals surface area contributed by atoms with Crippen LogP contribution in [0.3, 0.4) is 0 Å². The molecule has 0 unspecified atom stereocenters. The maximum Gasteiger partial charge on any atom is 0.332 e.